The Morgan fingerprint density at radius 3 is 1.89 bits per heavy atom. The van der Waals surface area contributed by atoms with Crippen LogP contribution in [0.1, 0.15) is 30.5 Å². The van der Waals surface area contributed by atoms with Crippen LogP contribution in [0.3, 0.4) is 0 Å². The summed E-state index contributed by atoms with van der Waals surface area (Å²) < 4.78 is 29.2. The summed E-state index contributed by atoms with van der Waals surface area (Å²) in [4.78, 5) is 29.6. The average Bonchev–Trinajstić information content (AvgIpc) is 2.98. The zero-order chi connectivity index (χ0) is 31.9. The maximum atomic E-state index is 14.4. The lowest BCUT2D eigenvalue weighted by molar-refractivity contribution is -0.140. The smallest absolute Gasteiger partial charge is 0.264 e. The standard InChI is InChI=1S/C34H35Cl2N3O4S/c1-24(2)37-34(41)32(18-26-10-6-4-7-11-26)38(22-27-12-8-5-9-13-27)33(40)23-39(30-20-28(35)19-29(36)21-30)44(42,43)31-16-14-25(3)15-17-31/h4-17,19-21,24,32H,18,22-23H2,1-3H3,(H,37,41)/t32-/m0/s1. The fourth-order valence-electron chi connectivity index (χ4n) is 4.76. The van der Waals surface area contributed by atoms with Crippen molar-refractivity contribution in [2.45, 2.75) is 50.7 Å². The highest BCUT2D eigenvalue weighted by Crippen LogP contribution is 2.30. The fraction of sp³-hybridized carbons (Fsp3) is 0.235. The number of halogens is 2. The molecule has 0 aliphatic carbocycles. The number of benzene rings is 4. The van der Waals surface area contributed by atoms with Crippen LogP contribution in [0.2, 0.25) is 10.0 Å². The number of carbonyl (C=O) groups is 2. The average molecular weight is 653 g/mol. The van der Waals surface area contributed by atoms with Crippen LogP contribution >= 0.6 is 23.2 Å². The monoisotopic (exact) mass is 651 g/mol. The van der Waals surface area contributed by atoms with Crippen molar-refractivity contribution in [2.24, 2.45) is 0 Å². The number of nitrogens with one attached hydrogen (secondary N) is 1. The Morgan fingerprint density at radius 2 is 1.34 bits per heavy atom. The van der Waals surface area contributed by atoms with Gasteiger partial charge in [-0.2, -0.15) is 0 Å². The maximum Gasteiger partial charge on any atom is 0.264 e. The fourth-order valence-corrected chi connectivity index (χ4v) is 6.68. The highest BCUT2D eigenvalue weighted by molar-refractivity contribution is 7.92. The summed E-state index contributed by atoms with van der Waals surface area (Å²) in [5.41, 5.74) is 2.65. The minimum atomic E-state index is -4.26. The topological polar surface area (TPSA) is 86.8 Å². The van der Waals surface area contributed by atoms with Crippen LogP contribution in [0.5, 0.6) is 0 Å². The number of hydrogen-bond acceptors (Lipinski definition) is 4. The van der Waals surface area contributed by atoms with Gasteiger partial charge in [-0.05, 0) is 62.2 Å². The first-order valence-corrected chi connectivity index (χ1v) is 16.4. The van der Waals surface area contributed by atoms with E-state index in [1.807, 2.05) is 81.4 Å². The van der Waals surface area contributed by atoms with Crippen LogP contribution in [0.4, 0.5) is 5.69 Å². The zero-order valence-electron chi connectivity index (χ0n) is 24.8. The molecule has 0 unspecified atom stereocenters. The molecule has 0 radical (unpaired) electrons. The van der Waals surface area contributed by atoms with Crippen LogP contribution < -0.4 is 9.62 Å². The van der Waals surface area contributed by atoms with E-state index in [0.29, 0.717) is 0 Å². The first-order chi connectivity index (χ1) is 20.9. The predicted molar refractivity (Wildman–Crippen MR) is 176 cm³/mol. The first-order valence-electron chi connectivity index (χ1n) is 14.2. The molecule has 4 aromatic carbocycles. The van der Waals surface area contributed by atoms with Crippen molar-refractivity contribution in [3.8, 4) is 0 Å². The summed E-state index contributed by atoms with van der Waals surface area (Å²) in [6.45, 7) is 5.03. The Hall–Kier alpha value is -3.85. The molecule has 7 nitrogen and oxygen atoms in total. The van der Waals surface area contributed by atoms with Crippen molar-refractivity contribution in [1.82, 2.24) is 10.2 Å². The van der Waals surface area contributed by atoms with Gasteiger partial charge in [0.05, 0.1) is 10.6 Å². The van der Waals surface area contributed by atoms with Crippen molar-refractivity contribution < 1.29 is 18.0 Å². The molecule has 10 heteroatoms. The van der Waals surface area contributed by atoms with E-state index in [1.165, 1.54) is 35.2 Å². The Kier molecular flexibility index (Phi) is 11.1. The molecule has 1 atom stereocenters. The summed E-state index contributed by atoms with van der Waals surface area (Å²) in [6, 6.07) is 28.3. The van der Waals surface area contributed by atoms with E-state index >= 15 is 0 Å². The molecule has 0 saturated carbocycles. The number of sulfonamides is 1. The number of aryl methyl sites for hydroxylation is 1. The lowest BCUT2D eigenvalue weighted by Gasteiger charge is -2.34. The largest absolute Gasteiger partial charge is 0.352 e. The Bertz CT molecular complexity index is 1660. The normalized spacial score (nSPS) is 12.0. The van der Waals surface area contributed by atoms with Gasteiger partial charge in [0.2, 0.25) is 11.8 Å². The van der Waals surface area contributed by atoms with Gasteiger partial charge in [0.1, 0.15) is 12.6 Å². The van der Waals surface area contributed by atoms with Gasteiger partial charge in [0, 0.05) is 29.1 Å². The highest BCUT2D eigenvalue weighted by atomic mass is 35.5. The summed E-state index contributed by atoms with van der Waals surface area (Å²) >= 11 is 12.6. The summed E-state index contributed by atoms with van der Waals surface area (Å²) in [5, 5.41) is 3.37. The lowest BCUT2D eigenvalue weighted by atomic mass is 10.0. The van der Waals surface area contributed by atoms with E-state index in [-0.39, 0.29) is 45.5 Å². The zero-order valence-corrected chi connectivity index (χ0v) is 27.1. The van der Waals surface area contributed by atoms with Crippen molar-refractivity contribution >= 4 is 50.7 Å². The second-order valence-corrected chi connectivity index (χ2v) is 13.6. The van der Waals surface area contributed by atoms with Crippen molar-refractivity contribution in [3.05, 3.63) is 130 Å². The van der Waals surface area contributed by atoms with E-state index < -0.39 is 28.5 Å². The van der Waals surface area contributed by atoms with E-state index in [4.69, 9.17) is 23.2 Å². The first kappa shape index (κ1) is 33.1. The van der Waals surface area contributed by atoms with E-state index in [1.54, 1.807) is 12.1 Å². The molecule has 44 heavy (non-hydrogen) atoms. The number of rotatable bonds is 12. The molecule has 2 amide bonds. The number of anilines is 1. The van der Waals surface area contributed by atoms with Crippen LogP contribution in [0, 0.1) is 6.92 Å². The van der Waals surface area contributed by atoms with Crippen molar-refractivity contribution in [2.75, 3.05) is 10.8 Å². The maximum absolute atomic E-state index is 14.4. The second kappa shape index (κ2) is 14.8. The van der Waals surface area contributed by atoms with E-state index in [9.17, 15) is 18.0 Å². The molecule has 0 aliphatic rings. The molecular formula is C34H35Cl2N3O4S. The van der Waals surface area contributed by atoms with Gasteiger partial charge in [-0.25, -0.2) is 8.42 Å². The van der Waals surface area contributed by atoms with Gasteiger partial charge < -0.3 is 10.2 Å². The SMILES string of the molecule is Cc1ccc(S(=O)(=O)N(CC(=O)N(Cc2ccccc2)[C@@H](Cc2ccccc2)C(=O)NC(C)C)c2cc(Cl)cc(Cl)c2)cc1. The third kappa shape index (κ3) is 8.62. The molecule has 4 aromatic rings. The van der Waals surface area contributed by atoms with E-state index in [0.717, 1.165) is 21.0 Å². The summed E-state index contributed by atoms with van der Waals surface area (Å²) in [6.07, 6.45) is 0.228. The Labute approximate surface area is 269 Å². The van der Waals surface area contributed by atoms with E-state index in [2.05, 4.69) is 5.32 Å². The van der Waals surface area contributed by atoms with Crippen LogP contribution in [-0.2, 0) is 32.6 Å². The second-order valence-electron chi connectivity index (χ2n) is 10.8. The molecule has 0 bridgehead atoms. The highest BCUT2D eigenvalue weighted by Gasteiger charge is 2.35. The molecular weight excluding hydrogens is 617 g/mol. The predicted octanol–water partition coefficient (Wildman–Crippen LogP) is 6.66. The Morgan fingerprint density at radius 1 is 0.795 bits per heavy atom. The molecule has 0 saturated heterocycles. The Balaban J connectivity index is 1.81. The number of nitrogens with zero attached hydrogens (tertiary/aromatic N) is 2. The lowest BCUT2D eigenvalue weighted by Crippen LogP contribution is -2.54. The molecule has 230 valence electrons. The third-order valence-electron chi connectivity index (χ3n) is 6.92. The quantitative estimate of drug-likeness (QED) is 0.186. The molecule has 0 fully saturated rings. The molecule has 0 aromatic heterocycles. The van der Waals surface area contributed by atoms with Crippen molar-refractivity contribution in [3.63, 3.8) is 0 Å². The minimum absolute atomic E-state index is 0.00000581. The van der Waals surface area contributed by atoms with Crippen molar-refractivity contribution in [1.29, 1.82) is 0 Å². The van der Waals surface area contributed by atoms with Gasteiger partial charge in [-0.1, -0.05) is 102 Å². The molecule has 4 rings (SSSR count). The van der Waals surface area contributed by atoms with Gasteiger partial charge >= 0.3 is 0 Å². The molecule has 0 heterocycles. The number of carbonyl (C=O) groups excluding carboxylic acids is 2. The van der Waals surface area contributed by atoms with Crippen LogP contribution in [0.25, 0.3) is 0 Å². The van der Waals surface area contributed by atoms with Gasteiger partial charge in [0.15, 0.2) is 0 Å². The van der Waals surface area contributed by atoms with Gasteiger partial charge in [0.25, 0.3) is 10.0 Å². The number of hydrogen-bond donors (Lipinski definition) is 1. The van der Waals surface area contributed by atoms with Crippen LogP contribution in [-0.4, -0.2) is 43.8 Å². The summed E-state index contributed by atoms with van der Waals surface area (Å²) in [5.74, 6) is -0.910. The molecule has 0 spiro atoms. The molecule has 1 N–H and O–H groups in total. The third-order valence-corrected chi connectivity index (χ3v) is 9.15. The van der Waals surface area contributed by atoms with Gasteiger partial charge in [-0.3, -0.25) is 13.9 Å². The molecule has 0 aliphatic heterocycles. The summed E-state index contributed by atoms with van der Waals surface area (Å²) in [7, 11) is -4.26. The van der Waals surface area contributed by atoms with Gasteiger partial charge in [-0.15, -0.1) is 0 Å². The number of amides is 2. The minimum Gasteiger partial charge on any atom is -0.352 e. The van der Waals surface area contributed by atoms with Crippen LogP contribution in [0.15, 0.2) is 108 Å².